The van der Waals surface area contributed by atoms with E-state index in [0.29, 0.717) is 20.9 Å². The third-order valence-electron chi connectivity index (χ3n) is 3.74. The molecule has 1 aromatic heterocycles. The lowest BCUT2D eigenvalue weighted by Crippen LogP contribution is -2.19. The van der Waals surface area contributed by atoms with Crippen LogP contribution in [0.3, 0.4) is 0 Å². The van der Waals surface area contributed by atoms with Gasteiger partial charge in [0.1, 0.15) is 11.5 Å². The number of thioether (sulfide) groups is 1. The third kappa shape index (κ3) is 4.35. The molecule has 0 spiro atoms. The monoisotopic (exact) mass is 458 g/mol. The Morgan fingerprint density at radius 1 is 1.04 bits per heavy atom. The van der Waals surface area contributed by atoms with Crippen molar-refractivity contribution in [3.05, 3.63) is 80.8 Å². The first-order valence-electron chi connectivity index (χ1n) is 7.98. The second kappa shape index (κ2) is 7.76. The fourth-order valence-electron chi connectivity index (χ4n) is 2.44. The highest BCUT2D eigenvalue weighted by molar-refractivity contribution is 9.10. The van der Waals surface area contributed by atoms with Crippen LogP contribution in [0, 0.1) is 0 Å². The highest BCUT2D eigenvalue weighted by Crippen LogP contribution is 2.30. The normalized spacial score (nSPS) is 16.9. The van der Waals surface area contributed by atoms with Crippen LogP contribution < -0.4 is 5.32 Å². The number of aliphatic imine (C=N–C) groups is 1. The zero-order valence-electron chi connectivity index (χ0n) is 13.8. The molecule has 0 saturated carbocycles. The number of amides is 1. The SMILES string of the molecule is O=C1NC(=Nc2ccc(Cl)cc2)SC1=Cc1ccc(-c2ccc(Br)cc2)o1. The maximum absolute atomic E-state index is 12.2. The Balaban J connectivity index is 1.53. The lowest BCUT2D eigenvalue weighted by atomic mass is 10.2. The first-order chi connectivity index (χ1) is 13.1. The van der Waals surface area contributed by atoms with Crippen LogP contribution in [0.15, 0.2) is 79.5 Å². The largest absolute Gasteiger partial charge is 0.457 e. The van der Waals surface area contributed by atoms with Crippen molar-refractivity contribution in [1.82, 2.24) is 5.32 Å². The Bertz CT molecular complexity index is 1060. The van der Waals surface area contributed by atoms with Gasteiger partial charge in [0.25, 0.3) is 5.91 Å². The van der Waals surface area contributed by atoms with Crippen LogP contribution in [0.25, 0.3) is 17.4 Å². The summed E-state index contributed by atoms with van der Waals surface area (Å²) in [7, 11) is 0. The minimum absolute atomic E-state index is 0.200. The minimum atomic E-state index is -0.200. The first kappa shape index (κ1) is 18.1. The summed E-state index contributed by atoms with van der Waals surface area (Å²) in [6.45, 7) is 0. The molecule has 3 aromatic rings. The van der Waals surface area contributed by atoms with Crippen molar-refractivity contribution in [3.63, 3.8) is 0 Å². The summed E-state index contributed by atoms with van der Waals surface area (Å²) in [5.41, 5.74) is 1.69. The summed E-state index contributed by atoms with van der Waals surface area (Å²) in [6.07, 6.45) is 1.72. The van der Waals surface area contributed by atoms with Gasteiger partial charge >= 0.3 is 0 Å². The van der Waals surface area contributed by atoms with Crippen molar-refractivity contribution in [2.24, 2.45) is 4.99 Å². The number of benzene rings is 2. The van der Waals surface area contributed by atoms with Crippen LogP contribution in [-0.2, 0) is 4.79 Å². The van der Waals surface area contributed by atoms with Gasteiger partial charge in [0.05, 0.1) is 10.6 Å². The number of nitrogens with zero attached hydrogens (tertiary/aromatic N) is 1. The molecule has 0 bridgehead atoms. The van der Waals surface area contributed by atoms with E-state index in [1.807, 2.05) is 36.4 Å². The number of hydrogen-bond donors (Lipinski definition) is 1. The molecule has 0 radical (unpaired) electrons. The van der Waals surface area contributed by atoms with E-state index in [1.165, 1.54) is 11.8 Å². The average molecular weight is 460 g/mol. The van der Waals surface area contributed by atoms with Crippen molar-refractivity contribution < 1.29 is 9.21 Å². The number of furan rings is 1. The average Bonchev–Trinajstić information content (AvgIpc) is 3.25. The Morgan fingerprint density at radius 3 is 2.52 bits per heavy atom. The molecule has 27 heavy (non-hydrogen) atoms. The molecule has 1 aliphatic heterocycles. The van der Waals surface area contributed by atoms with Crippen LogP contribution in [0.5, 0.6) is 0 Å². The molecule has 2 aromatic carbocycles. The fourth-order valence-corrected chi connectivity index (χ4v) is 3.65. The van der Waals surface area contributed by atoms with E-state index >= 15 is 0 Å². The highest BCUT2D eigenvalue weighted by Gasteiger charge is 2.24. The smallest absolute Gasteiger partial charge is 0.264 e. The minimum Gasteiger partial charge on any atom is -0.457 e. The Labute approximate surface area is 173 Å². The summed E-state index contributed by atoms with van der Waals surface area (Å²) in [5, 5.41) is 3.92. The van der Waals surface area contributed by atoms with Crippen LogP contribution in [0.1, 0.15) is 5.76 Å². The van der Waals surface area contributed by atoms with Crippen LogP contribution in [0.4, 0.5) is 5.69 Å². The van der Waals surface area contributed by atoms with Crippen molar-refractivity contribution in [3.8, 4) is 11.3 Å². The Kier molecular flexibility index (Phi) is 5.20. The van der Waals surface area contributed by atoms with Crippen LogP contribution in [-0.4, -0.2) is 11.1 Å². The van der Waals surface area contributed by atoms with Gasteiger partial charge < -0.3 is 9.73 Å². The van der Waals surface area contributed by atoms with E-state index < -0.39 is 0 Å². The lowest BCUT2D eigenvalue weighted by Gasteiger charge is -1.97. The van der Waals surface area contributed by atoms with E-state index in [4.69, 9.17) is 16.0 Å². The van der Waals surface area contributed by atoms with Gasteiger partial charge in [-0.3, -0.25) is 4.79 Å². The lowest BCUT2D eigenvalue weighted by molar-refractivity contribution is -0.115. The predicted octanol–water partition coefficient (Wildman–Crippen LogP) is 6.25. The van der Waals surface area contributed by atoms with Crippen LogP contribution >= 0.6 is 39.3 Å². The molecule has 0 aliphatic carbocycles. The number of nitrogens with one attached hydrogen (secondary N) is 1. The molecule has 134 valence electrons. The van der Waals surface area contributed by atoms with E-state index in [0.717, 1.165) is 21.5 Å². The van der Waals surface area contributed by atoms with E-state index in [1.54, 1.807) is 30.3 Å². The van der Waals surface area contributed by atoms with Crippen molar-refractivity contribution in [2.45, 2.75) is 0 Å². The highest BCUT2D eigenvalue weighted by atomic mass is 79.9. The zero-order valence-corrected chi connectivity index (χ0v) is 16.9. The molecule has 0 unspecified atom stereocenters. The summed E-state index contributed by atoms with van der Waals surface area (Å²) < 4.78 is 6.85. The summed E-state index contributed by atoms with van der Waals surface area (Å²) in [6, 6.07) is 18.7. The van der Waals surface area contributed by atoms with E-state index in [9.17, 15) is 4.79 Å². The molecular weight excluding hydrogens is 448 g/mol. The predicted molar refractivity (Wildman–Crippen MR) is 114 cm³/mol. The second-order valence-corrected chi connectivity index (χ2v) is 8.05. The fraction of sp³-hybridized carbons (Fsp3) is 0. The van der Waals surface area contributed by atoms with Gasteiger partial charge in [-0.05, 0) is 60.3 Å². The molecular formula is C20H12BrClN2O2S. The van der Waals surface area contributed by atoms with Gasteiger partial charge in [0, 0.05) is 21.1 Å². The molecule has 1 fully saturated rings. The molecule has 1 saturated heterocycles. The molecule has 2 heterocycles. The number of rotatable bonds is 3. The summed E-state index contributed by atoms with van der Waals surface area (Å²) in [5.74, 6) is 1.15. The first-order valence-corrected chi connectivity index (χ1v) is 9.96. The molecule has 4 rings (SSSR count). The molecule has 1 aliphatic rings. The zero-order chi connectivity index (χ0) is 18.8. The topological polar surface area (TPSA) is 54.6 Å². The van der Waals surface area contributed by atoms with Crippen LogP contribution in [0.2, 0.25) is 5.02 Å². The Hall–Kier alpha value is -2.28. The molecule has 1 N–H and O–H groups in total. The molecule has 0 atom stereocenters. The van der Waals surface area contributed by atoms with Gasteiger partial charge in [-0.25, -0.2) is 4.99 Å². The van der Waals surface area contributed by atoms with Gasteiger partial charge in [0.15, 0.2) is 5.17 Å². The maximum atomic E-state index is 12.2. The maximum Gasteiger partial charge on any atom is 0.264 e. The second-order valence-electron chi connectivity index (χ2n) is 5.67. The number of carbonyl (C=O) groups is 1. The number of carbonyl (C=O) groups excluding carboxylic acids is 1. The number of hydrogen-bond acceptors (Lipinski definition) is 4. The number of halogens is 2. The summed E-state index contributed by atoms with van der Waals surface area (Å²) >= 11 is 10.6. The molecule has 7 heteroatoms. The van der Waals surface area contributed by atoms with Crippen molar-refractivity contribution >= 4 is 62.1 Å². The van der Waals surface area contributed by atoms with Gasteiger partial charge in [-0.2, -0.15) is 0 Å². The van der Waals surface area contributed by atoms with E-state index in [2.05, 4.69) is 26.2 Å². The van der Waals surface area contributed by atoms with Crippen molar-refractivity contribution in [1.29, 1.82) is 0 Å². The Morgan fingerprint density at radius 2 is 1.78 bits per heavy atom. The molecule has 1 amide bonds. The standard InChI is InChI=1S/C20H12BrClN2O2S/c21-13-3-1-12(2-4-13)17-10-9-16(26-17)11-18-19(25)24-20(27-18)23-15-7-5-14(22)6-8-15/h1-11H,(H,23,24,25). The third-order valence-corrected chi connectivity index (χ3v) is 5.43. The summed E-state index contributed by atoms with van der Waals surface area (Å²) in [4.78, 5) is 17.1. The number of amidine groups is 1. The quantitative estimate of drug-likeness (QED) is 0.471. The molecule has 4 nitrogen and oxygen atoms in total. The van der Waals surface area contributed by atoms with Gasteiger partial charge in [-0.15, -0.1) is 0 Å². The van der Waals surface area contributed by atoms with Gasteiger partial charge in [0.2, 0.25) is 0 Å². The van der Waals surface area contributed by atoms with Gasteiger partial charge in [-0.1, -0.05) is 39.7 Å². The van der Waals surface area contributed by atoms with E-state index in [-0.39, 0.29) is 5.91 Å². The van der Waals surface area contributed by atoms with Crippen molar-refractivity contribution in [2.75, 3.05) is 0 Å².